The molecule has 0 aliphatic rings. The van der Waals surface area contributed by atoms with Crippen molar-refractivity contribution in [2.45, 2.75) is 0 Å². The van der Waals surface area contributed by atoms with E-state index >= 15 is 0 Å². The molecule has 0 saturated carbocycles. The van der Waals surface area contributed by atoms with Crippen LogP contribution in [0.4, 0.5) is 5.69 Å². The first-order chi connectivity index (χ1) is 14.1. The number of nitrogen functional groups attached to an aromatic ring is 1. The molecule has 138 valence electrons. The van der Waals surface area contributed by atoms with Gasteiger partial charge in [-0.2, -0.15) is 5.26 Å². The van der Waals surface area contributed by atoms with Crippen molar-refractivity contribution < 1.29 is 0 Å². The lowest BCUT2D eigenvalue weighted by molar-refractivity contribution is 1.20. The highest BCUT2D eigenvalue weighted by molar-refractivity contribution is 6.01. The Morgan fingerprint density at radius 2 is 1.66 bits per heavy atom. The molecule has 0 unspecified atom stereocenters. The van der Waals surface area contributed by atoms with Gasteiger partial charge in [-0.1, -0.05) is 30.3 Å². The van der Waals surface area contributed by atoms with E-state index in [0.717, 1.165) is 22.0 Å². The standard InChI is InChI=1S/C23H15N5O/c24-12-13-5-7-14(8-6-13)15-9-10-17-16(11-15)20(25)21(26-17)22-23(29)28-19-4-2-1-3-18(19)27-22/h1-11,26H,25H2,(H,28,29). The predicted octanol–water partition coefficient (Wildman–Crippen LogP) is 4.19. The summed E-state index contributed by atoms with van der Waals surface area (Å²) in [5.74, 6) is 0. The van der Waals surface area contributed by atoms with Gasteiger partial charge in [0.2, 0.25) is 0 Å². The normalized spacial score (nSPS) is 11.0. The van der Waals surface area contributed by atoms with Crippen LogP contribution in [0.5, 0.6) is 0 Å². The second-order valence-corrected chi connectivity index (χ2v) is 6.79. The number of nitriles is 1. The van der Waals surface area contributed by atoms with Gasteiger partial charge < -0.3 is 15.7 Å². The van der Waals surface area contributed by atoms with Crippen molar-refractivity contribution in [2.24, 2.45) is 0 Å². The van der Waals surface area contributed by atoms with Gasteiger partial charge in [-0.25, -0.2) is 4.98 Å². The van der Waals surface area contributed by atoms with Gasteiger partial charge >= 0.3 is 0 Å². The molecule has 0 amide bonds. The highest BCUT2D eigenvalue weighted by Gasteiger charge is 2.16. The lowest BCUT2D eigenvalue weighted by Crippen LogP contribution is -2.12. The Hall–Kier alpha value is -4.37. The van der Waals surface area contributed by atoms with Gasteiger partial charge in [0.25, 0.3) is 5.56 Å². The van der Waals surface area contributed by atoms with Gasteiger partial charge in [0.1, 0.15) is 0 Å². The zero-order chi connectivity index (χ0) is 20.0. The number of hydrogen-bond donors (Lipinski definition) is 3. The molecule has 0 fully saturated rings. The van der Waals surface area contributed by atoms with Crippen molar-refractivity contribution in [3.63, 3.8) is 0 Å². The van der Waals surface area contributed by atoms with Crippen LogP contribution in [0.3, 0.4) is 0 Å². The van der Waals surface area contributed by atoms with E-state index in [0.29, 0.717) is 28.0 Å². The minimum absolute atomic E-state index is 0.261. The molecule has 0 bridgehead atoms. The fourth-order valence-electron chi connectivity index (χ4n) is 3.52. The summed E-state index contributed by atoms with van der Waals surface area (Å²) in [4.78, 5) is 23.2. The summed E-state index contributed by atoms with van der Waals surface area (Å²) >= 11 is 0. The van der Waals surface area contributed by atoms with Gasteiger partial charge in [0, 0.05) is 10.9 Å². The third-order valence-electron chi connectivity index (χ3n) is 5.02. The van der Waals surface area contributed by atoms with E-state index in [1.165, 1.54) is 0 Å². The molecule has 0 aliphatic carbocycles. The molecule has 29 heavy (non-hydrogen) atoms. The highest BCUT2D eigenvalue weighted by Crippen LogP contribution is 2.33. The lowest BCUT2D eigenvalue weighted by atomic mass is 10.0. The molecule has 6 nitrogen and oxygen atoms in total. The van der Waals surface area contributed by atoms with Crippen LogP contribution in [0, 0.1) is 11.3 Å². The third-order valence-corrected chi connectivity index (χ3v) is 5.02. The van der Waals surface area contributed by atoms with Crippen LogP contribution in [0.2, 0.25) is 0 Å². The zero-order valence-corrected chi connectivity index (χ0v) is 15.2. The van der Waals surface area contributed by atoms with Crippen molar-refractivity contribution in [1.29, 1.82) is 5.26 Å². The molecule has 5 rings (SSSR count). The maximum Gasteiger partial charge on any atom is 0.276 e. The smallest absolute Gasteiger partial charge is 0.276 e. The number of rotatable bonds is 2. The van der Waals surface area contributed by atoms with E-state index in [1.807, 2.05) is 54.6 Å². The van der Waals surface area contributed by atoms with Gasteiger partial charge in [-0.3, -0.25) is 4.79 Å². The Kier molecular flexibility index (Phi) is 3.68. The molecule has 0 radical (unpaired) electrons. The average Bonchev–Trinajstić information content (AvgIpc) is 3.09. The summed E-state index contributed by atoms with van der Waals surface area (Å²) in [7, 11) is 0. The van der Waals surface area contributed by atoms with Gasteiger partial charge in [-0.05, 0) is 47.5 Å². The van der Waals surface area contributed by atoms with Crippen LogP contribution in [0.15, 0.2) is 71.5 Å². The molecular weight excluding hydrogens is 362 g/mol. The number of fused-ring (bicyclic) bond motifs is 2. The number of aromatic amines is 2. The largest absolute Gasteiger partial charge is 0.396 e. The van der Waals surface area contributed by atoms with Crippen LogP contribution in [0.1, 0.15) is 5.56 Å². The van der Waals surface area contributed by atoms with Crippen LogP contribution in [0.25, 0.3) is 44.5 Å². The molecule has 2 aromatic heterocycles. The average molecular weight is 377 g/mol. The van der Waals surface area contributed by atoms with Gasteiger partial charge in [0.15, 0.2) is 5.69 Å². The van der Waals surface area contributed by atoms with E-state index in [1.54, 1.807) is 12.1 Å². The number of nitrogens with two attached hydrogens (primary N) is 1. The summed E-state index contributed by atoms with van der Waals surface area (Å²) in [5.41, 5.74) is 12.1. The van der Waals surface area contributed by atoms with E-state index in [4.69, 9.17) is 11.0 Å². The summed E-state index contributed by atoms with van der Waals surface area (Å²) in [6.45, 7) is 0. The van der Waals surface area contributed by atoms with Crippen molar-refractivity contribution in [1.82, 2.24) is 15.0 Å². The molecule has 3 aromatic carbocycles. The van der Waals surface area contributed by atoms with E-state index in [-0.39, 0.29) is 11.3 Å². The molecule has 4 N–H and O–H groups in total. The summed E-state index contributed by atoms with van der Waals surface area (Å²) in [5, 5.41) is 9.79. The SMILES string of the molecule is N#Cc1ccc(-c2ccc3[nH]c(-c4nc5ccccc5[nH]c4=O)c(N)c3c2)cc1. The Bertz CT molecular complexity index is 1490. The third kappa shape index (κ3) is 2.73. The van der Waals surface area contributed by atoms with Crippen LogP contribution >= 0.6 is 0 Å². The molecule has 0 atom stereocenters. The van der Waals surface area contributed by atoms with Crippen molar-refractivity contribution in [3.05, 3.63) is 82.6 Å². The predicted molar refractivity (Wildman–Crippen MR) is 114 cm³/mol. The number of nitrogens with one attached hydrogen (secondary N) is 2. The van der Waals surface area contributed by atoms with Crippen LogP contribution < -0.4 is 11.3 Å². The first-order valence-electron chi connectivity index (χ1n) is 9.05. The quantitative estimate of drug-likeness (QED) is 0.428. The number of H-pyrrole nitrogens is 2. The first-order valence-corrected chi connectivity index (χ1v) is 9.05. The molecule has 0 saturated heterocycles. The number of benzene rings is 3. The molecule has 0 aliphatic heterocycles. The number of para-hydroxylation sites is 2. The second kappa shape index (κ2) is 6.36. The van der Waals surface area contributed by atoms with Crippen LogP contribution in [-0.2, 0) is 0 Å². The molecule has 5 aromatic rings. The number of anilines is 1. The minimum Gasteiger partial charge on any atom is -0.396 e. The Balaban J connectivity index is 1.67. The van der Waals surface area contributed by atoms with E-state index in [9.17, 15) is 4.79 Å². The topological polar surface area (TPSA) is 111 Å². The second-order valence-electron chi connectivity index (χ2n) is 6.79. The molecular formula is C23H15N5O. The Morgan fingerprint density at radius 1 is 0.897 bits per heavy atom. The fourth-order valence-corrected chi connectivity index (χ4v) is 3.52. The Morgan fingerprint density at radius 3 is 2.45 bits per heavy atom. The lowest BCUT2D eigenvalue weighted by Gasteiger charge is -2.03. The number of aromatic nitrogens is 3. The maximum atomic E-state index is 12.6. The maximum absolute atomic E-state index is 12.6. The summed E-state index contributed by atoms with van der Waals surface area (Å²) < 4.78 is 0. The van der Waals surface area contributed by atoms with E-state index < -0.39 is 0 Å². The number of hydrogen-bond acceptors (Lipinski definition) is 4. The van der Waals surface area contributed by atoms with Crippen LogP contribution in [-0.4, -0.2) is 15.0 Å². The first kappa shape index (κ1) is 16.8. The number of nitrogens with zero attached hydrogens (tertiary/aromatic N) is 2. The fraction of sp³-hybridized carbons (Fsp3) is 0. The zero-order valence-electron chi connectivity index (χ0n) is 15.2. The van der Waals surface area contributed by atoms with E-state index in [2.05, 4.69) is 21.0 Å². The Labute approximate surface area is 165 Å². The van der Waals surface area contributed by atoms with Gasteiger partial charge in [0.05, 0.1) is 34.0 Å². The van der Waals surface area contributed by atoms with Crippen molar-refractivity contribution >= 4 is 27.6 Å². The van der Waals surface area contributed by atoms with Gasteiger partial charge in [-0.15, -0.1) is 0 Å². The molecule has 0 spiro atoms. The van der Waals surface area contributed by atoms with Crippen molar-refractivity contribution in [2.75, 3.05) is 5.73 Å². The summed E-state index contributed by atoms with van der Waals surface area (Å²) in [6, 6.07) is 22.7. The van der Waals surface area contributed by atoms with Crippen molar-refractivity contribution in [3.8, 4) is 28.6 Å². The monoisotopic (exact) mass is 377 g/mol. The summed E-state index contributed by atoms with van der Waals surface area (Å²) in [6.07, 6.45) is 0. The molecule has 2 heterocycles. The highest BCUT2D eigenvalue weighted by atomic mass is 16.1. The minimum atomic E-state index is -0.297. The molecule has 6 heteroatoms.